The summed E-state index contributed by atoms with van der Waals surface area (Å²) in [7, 11) is 0. The number of hydrogen-bond acceptors (Lipinski definition) is 1. The van der Waals surface area contributed by atoms with Crippen molar-refractivity contribution in [1.82, 2.24) is 9.55 Å². The Labute approximate surface area is 140 Å². The minimum atomic E-state index is -0.141. The van der Waals surface area contributed by atoms with E-state index in [9.17, 15) is 0 Å². The van der Waals surface area contributed by atoms with Gasteiger partial charge in [-0.05, 0) is 43.7 Å². The molecular weight excluding hydrogens is 327 g/mol. The number of fused-ring (bicyclic) bond motifs is 1. The van der Waals surface area contributed by atoms with Crippen LogP contribution in [0, 0.1) is 11.8 Å². The van der Waals surface area contributed by atoms with Crippen LogP contribution in [0.25, 0.3) is 11.0 Å². The highest BCUT2D eigenvalue weighted by atomic mass is 35.5. The molecule has 3 rings (SSSR count). The fourth-order valence-corrected chi connectivity index (χ4v) is 3.91. The van der Waals surface area contributed by atoms with Gasteiger partial charge < -0.3 is 4.57 Å². The number of nitrogens with zero attached hydrogens (tertiary/aromatic N) is 2. The maximum absolute atomic E-state index is 6.37. The van der Waals surface area contributed by atoms with Crippen LogP contribution in [0.4, 0.5) is 0 Å². The van der Waals surface area contributed by atoms with Gasteiger partial charge in [0.1, 0.15) is 5.82 Å². The van der Waals surface area contributed by atoms with Crippen molar-refractivity contribution >= 4 is 45.8 Å². The van der Waals surface area contributed by atoms with Crippen LogP contribution >= 0.6 is 34.8 Å². The third-order valence-corrected chi connectivity index (χ3v) is 5.79. The molecule has 0 amide bonds. The van der Waals surface area contributed by atoms with Gasteiger partial charge in [-0.1, -0.05) is 37.0 Å². The molecule has 0 saturated heterocycles. The third kappa shape index (κ3) is 2.56. The van der Waals surface area contributed by atoms with E-state index in [1.807, 2.05) is 19.1 Å². The fraction of sp³-hybridized carbons (Fsp3) is 0.562. The number of alkyl halides is 1. The van der Waals surface area contributed by atoms with E-state index in [2.05, 4.69) is 18.4 Å². The number of hydrogen-bond donors (Lipinski definition) is 0. The molecule has 1 aliphatic carbocycles. The predicted octanol–water partition coefficient (Wildman–Crippen LogP) is 6.25. The van der Waals surface area contributed by atoms with Crippen molar-refractivity contribution < 1.29 is 0 Å². The molecule has 114 valence electrons. The van der Waals surface area contributed by atoms with Crippen LogP contribution in [0.3, 0.4) is 0 Å². The van der Waals surface area contributed by atoms with E-state index in [0.29, 0.717) is 27.9 Å². The Kier molecular flexibility index (Phi) is 4.15. The van der Waals surface area contributed by atoms with E-state index in [1.165, 1.54) is 6.42 Å². The molecule has 4 unspecified atom stereocenters. The lowest BCUT2D eigenvalue weighted by molar-refractivity contribution is 0.352. The van der Waals surface area contributed by atoms with E-state index >= 15 is 0 Å². The summed E-state index contributed by atoms with van der Waals surface area (Å²) < 4.78 is 2.30. The average molecular weight is 346 g/mol. The van der Waals surface area contributed by atoms with Crippen LogP contribution in [-0.2, 0) is 0 Å². The molecule has 0 radical (unpaired) electrons. The molecule has 1 aromatic heterocycles. The van der Waals surface area contributed by atoms with Crippen LogP contribution in [0.15, 0.2) is 12.1 Å². The van der Waals surface area contributed by atoms with Crippen molar-refractivity contribution in [3.8, 4) is 0 Å². The van der Waals surface area contributed by atoms with Gasteiger partial charge >= 0.3 is 0 Å². The topological polar surface area (TPSA) is 17.8 Å². The standard InChI is InChI=1S/C16H19Cl3N2/c1-8-4-5-14(9(8)2)21-15-7-12(19)11(18)6-13(15)20-16(21)10(3)17/h6-10,14H,4-5H2,1-3H3. The first kappa shape index (κ1) is 15.5. The lowest BCUT2D eigenvalue weighted by Gasteiger charge is -2.23. The number of benzene rings is 1. The van der Waals surface area contributed by atoms with Gasteiger partial charge in [-0.15, -0.1) is 11.6 Å². The minimum Gasteiger partial charge on any atom is -0.323 e. The molecule has 0 aliphatic heterocycles. The Morgan fingerprint density at radius 3 is 2.43 bits per heavy atom. The van der Waals surface area contributed by atoms with E-state index in [0.717, 1.165) is 23.3 Å². The average Bonchev–Trinajstić information content (AvgIpc) is 2.93. The summed E-state index contributed by atoms with van der Waals surface area (Å²) in [6, 6.07) is 4.19. The summed E-state index contributed by atoms with van der Waals surface area (Å²) in [4.78, 5) is 4.71. The molecule has 5 heteroatoms. The van der Waals surface area contributed by atoms with Crippen molar-refractivity contribution in [2.24, 2.45) is 11.8 Å². The first-order chi connectivity index (χ1) is 9.90. The van der Waals surface area contributed by atoms with Gasteiger partial charge in [0, 0.05) is 6.04 Å². The molecule has 2 aromatic rings. The molecule has 2 nitrogen and oxygen atoms in total. The molecule has 1 fully saturated rings. The smallest absolute Gasteiger partial charge is 0.127 e. The Bertz CT molecular complexity index is 678. The van der Waals surface area contributed by atoms with Crippen LogP contribution in [0.5, 0.6) is 0 Å². The largest absolute Gasteiger partial charge is 0.323 e. The van der Waals surface area contributed by atoms with Gasteiger partial charge in [0.15, 0.2) is 0 Å². The summed E-state index contributed by atoms with van der Waals surface area (Å²) in [6.07, 6.45) is 2.40. The fourth-order valence-electron chi connectivity index (χ4n) is 3.44. The zero-order valence-electron chi connectivity index (χ0n) is 12.4. The molecule has 1 heterocycles. The Morgan fingerprint density at radius 2 is 1.86 bits per heavy atom. The molecule has 1 aromatic carbocycles. The number of rotatable bonds is 2. The third-order valence-electron chi connectivity index (χ3n) is 4.87. The highest BCUT2D eigenvalue weighted by Crippen LogP contribution is 2.44. The second-order valence-electron chi connectivity index (χ2n) is 6.19. The lowest BCUT2D eigenvalue weighted by Crippen LogP contribution is -2.17. The maximum Gasteiger partial charge on any atom is 0.127 e. The van der Waals surface area contributed by atoms with Crippen LogP contribution < -0.4 is 0 Å². The Hall–Kier alpha value is -0.440. The number of imidazole rings is 1. The maximum atomic E-state index is 6.37. The molecular formula is C16H19Cl3N2. The van der Waals surface area contributed by atoms with E-state index in [4.69, 9.17) is 39.8 Å². The monoisotopic (exact) mass is 344 g/mol. The Balaban J connectivity index is 2.23. The predicted molar refractivity (Wildman–Crippen MR) is 90.6 cm³/mol. The first-order valence-electron chi connectivity index (χ1n) is 7.41. The van der Waals surface area contributed by atoms with Crippen molar-refractivity contribution in [3.05, 3.63) is 28.0 Å². The molecule has 0 N–H and O–H groups in total. The van der Waals surface area contributed by atoms with Crippen molar-refractivity contribution in [1.29, 1.82) is 0 Å². The van der Waals surface area contributed by atoms with Crippen molar-refractivity contribution in [3.63, 3.8) is 0 Å². The molecule has 4 atom stereocenters. The molecule has 1 saturated carbocycles. The van der Waals surface area contributed by atoms with Gasteiger partial charge in [0.25, 0.3) is 0 Å². The summed E-state index contributed by atoms with van der Waals surface area (Å²) >= 11 is 18.7. The summed E-state index contributed by atoms with van der Waals surface area (Å²) in [5, 5.41) is 0.964. The highest BCUT2D eigenvalue weighted by molar-refractivity contribution is 6.42. The Morgan fingerprint density at radius 1 is 1.19 bits per heavy atom. The second-order valence-corrected chi connectivity index (χ2v) is 7.66. The van der Waals surface area contributed by atoms with E-state index < -0.39 is 0 Å². The zero-order valence-corrected chi connectivity index (χ0v) is 14.7. The molecule has 21 heavy (non-hydrogen) atoms. The molecule has 1 aliphatic rings. The summed E-state index contributed by atoms with van der Waals surface area (Å²) in [5.74, 6) is 2.23. The lowest BCUT2D eigenvalue weighted by atomic mass is 9.97. The SMILES string of the molecule is CC(Cl)c1nc2cc(Cl)c(Cl)cc2n1C1CCC(C)C1C. The van der Waals surface area contributed by atoms with Crippen molar-refractivity contribution in [2.75, 3.05) is 0 Å². The second kappa shape index (κ2) is 5.64. The van der Waals surface area contributed by atoms with Gasteiger partial charge in [0.05, 0.1) is 26.5 Å². The number of halogens is 3. The normalized spacial score (nSPS) is 27.4. The summed E-state index contributed by atoms with van der Waals surface area (Å²) in [6.45, 7) is 6.59. The zero-order chi connectivity index (χ0) is 15.3. The van der Waals surface area contributed by atoms with Crippen LogP contribution in [0.1, 0.15) is 50.9 Å². The minimum absolute atomic E-state index is 0.141. The van der Waals surface area contributed by atoms with Crippen molar-refractivity contribution in [2.45, 2.75) is 45.0 Å². The first-order valence-corrected chi connectivity index (χ1v) is 8.60. The van der Waals surface area contributed by atoms with E-state index in [-0.39, 0.29) is 5.38 Å². The van der Waals surface area contributed by atoms with Gasteiger partial charge in [-0.3, -0.25) is 0 Å². The number of aromatic nitrogens is 2. The highest BCUT2D eigenvalue weighted by Gasteiger charge is 2.34. The van der Waals surface area contributed by atoms with Gasteiger partial charge in [-0.2, -0.15) is 0 Å². The van der Waals surface area contributed by atoms with Gasteiger partial charge in [-0.25, -0.2) is 4.98 Å². The van der Waals surface area contributed by atoms with E-state index in [1.54, 1.807) is 0 Å². The molecule has 0 bridgehead atoms. The molecule has 0 spiro atoms. The summed E-state index contributed by atoms with van der Waals surface area (Å²) in [5.41, 5.74) is 1.91. The van der Waals surface area contributed by atoms with Crippen LogP contribution in [-0.4, -0.2) is 9.55 Å². The quantitative estimate of drug-likeness (QED) is 0.588. The van der Waals surface area contributed by atoms with Gasteiger partial charge in [0.2, 0.25) is 0 Å². The van der Waals surface area contributed by atoms with Crippen LogP contribution in [0.2, 0.25) is 10.0 Å².